The number of nitrogens with zero attached hydrogens (tertiary/aromatic N) is 1. The number of aliphatic hydroxyl groups excluding tert-OH is 1. The molecule has 0 aromatic carbocycles. The summed E-state index contributed by atoms with van der Waals surface area (Å²) >= 11 is 0. The monoisotopic (exact) mass is 826 g/mol. The average Bonchev–Trinajstić information content (AvgIpc) is 3.15. The molecule has 0 radical (unpaired) electrons. The van der Waals surface area contributed by atoms with Gasteiger partial charge < -0.3 is 33.0 Å². The van der Waals surface area contributed by atoms with Gasteiger partial charge in [0.25, 0.3) is 7.82 Å². The van der Waals surface area contributed by atoms with E-state index < -0.39 is 32.5 Å². The molecule has 3 atom stereocenters. The van der Waals surface area contributed by atoms with Crippen molar-refractivity contribution in [2.24, 2.45) is 0 Å². The highest BCUT2D eigenvalue weighted by Gasteiger charge is 2.21. The SMILES string of the molecule is CCCCCCCCCCCCCCCCCC(=O)O[C@H](COC(=O)CCC/C=C\C/C=C\C/C=C\C=C\[C@H](O)CCCCC)COP(=O)([O-])OCC[N+](C)(C)C. The molecule has 0 bridgehead atoms. The van der Waals surface area contributed by atoms with Gasteiger partial charge in [0, 0.05) is 12.8 Å². The first kappa shape index (κ1) is 54.9. The van der Waals surface area contributed by atoms with Crippen LogP contribution in [0.2, 0.25) is 0 Å². The number of unbranched alkanes of at least 4 members (excludes halogenated alkanes) is 17. The molecular formula is C46H84NO9P. The zero-order valence-electron chi connectivity index (χ0n) is 36.9. The average molecular weight is 826 g/mol. The van der Waals surface area contributed by atoms with Gasteiger partial charge in [-0.3, -0.25) is 14.2 Å². The molecule has 0 saturated heterocycles. The summed E-state index contributed by atoms with van der Waals surface area (Å²) in [4.78, 5) is 37.5. The van der Waals surface area contributed by atoms with E-state index in [0.717, 1.165) is 57.8 Å². The van der Waals surface area contributed by atoms with E-state index in [2.05, 4.69) is 26.0 Å². The molecule has 0 aromatic heterocycles. The molecule has 1 N–H and O–H groups in total. The molecule has 11 heteroatoms. The number of ether oxygens (including phenoxy) is 2. The molecule has 0 fully saturated rings. The Kier molecular flexibility index (Phi) is 36.8. The van der Waals surface area contributed by atoms with E-state index >= 15 is 0 Å². The lowest BCUT2D eigenvalue weighted by Crippen LogP contribution is -2.37. The van der Waals surface area contributed by atoms with Crippen LogP contribution in [0.1, 0.15) is 174 Å². The van der Waals surface area contributed by atoms with Crippen molar-refractivity contribution in [2.75, 3.05) is 47.5 Å². The number of hydrogen-bond donors (Lipinski definition) is 1. The fourth-order valence-corrected chi connectivity index (χ4v) is 6.60. The van der Waals surface area contributed by atoms with Gasteiger partial charge in [0.2, 0.25) is 0 Å². The van der Waals surface area contributed by atoms with Crippen LogP contribution in [0.3, 0.4) is 0 Å². The summed E-state index contributed by atoms with van der Waals surface area (Å²) in [5, 5.41) is 9.90. The van der Waals surface area contributed by atoms with E-state index in [0.29, 0.717) is 30.3 Å². The molecule has 0 aliphatic heterocycles. The van der Waals surface area contributed by atoms with Crippen LogP contribution in [0, 0.1) is 0 Å². The summed E-state index contributed by atoms with van der Waals surface area (Å²) in [6, 6.07) is 0. The number of quaternary nitrogens is 1. The van der Waals surface area contributed by atoms with Crippen LogP contribution < -0.4 is 4.89 Å². The summed E-state index contributed by atoms with van der Waals surface area (Å²) in [7, 11) is 1.11. The molecular weight excluding hydrogens is 741 g/mol. The smallest absolute Gasteiger partial charge is 0.306 e. The maximum Gasteiger partial charge on any atom is 0.306 e. The fraction of sp³-hybridized carbons (Fsp3) is 0.783. The van der Waals surface area contributed by atoms with Crippen LogP contribution in [0.15, 0.2) is 48.6 Å². The topological polar surface area (TPSA) is 131 Å². The first-order chi connectivity index (χ1) is 27.4. The van der Waals surface area contributed by atoms with Gasteiger partial charge in [-0.1, -0.05) is 172 Å². The Labute approximate surface area is 348 Å². The van der Waals surface area contributed by atoms with Crippen molar-refractivity contribution in [1.82, 2.24) is 0 Å². The number of esters is 2. The van der Waals surface area contributed by atoms with Gasteiger partial charge in [-0.15, -0.1) is 0 Å². The molecule has 0 heterocycles. The van der Waals surface area contributed by atoms with Crippen LogP contribution in [-0.4, -0.2) is 81.2 Å². The molecule has 332 valence electrons. The third-order valence-corrected chi connectivity index (χ3v) is 10.4. The first-order valence-corrected chi connectivity index (χ1v) is 23.9. The van der Waals surface area contributed by atoms with E-state index in [4.69, 9.17) is 18.5 Å². The maximum absolute atomic E-state index is 12.7. The van der Waals surface area contributed by atoms with Crippen LogP contribution in [-0.2, 0) is 32.7 Å². The second kappa shape index (κ2) is 38.2. The van der Waals surface area contributed by atoms with Crippen molar-refractivity contribution in [2.45, 2.75) is 187 Å². The maximum atomic E-state index is 12.7. The number of carbonyl (C=O) groups is 2. The fourth-order valence-electron chi connectivity index (χ4n) is 5.88. The van der Waals surface area contributed by atoms with Gasteiger partial charge in [0.1, 0.15) is 19.8 Å². The largest absolute Gasteiger partial charge is 0.756 e. The first-order valence-electron chi connectivity index (χ1n) is 22.5. The van der Waals surface area contributed by atoms with Crippen molar-refractivity contribution in [1.29, 1.82) is 0 Å². The number of allylic oxidation sites excluding steroid dienone is 7. The molecule has 0 aliphatic rings. The molecule has 0 aromatic rings. The molecule has 1 unspecified atom stereocenters. The van der Waals surface area contributed by atoms with Gasteiger partial charge in [0.15, 0.2) is 6.10 Å². The second-order valence-electron chi connectivity index (χ2n) is 16.3. The third-order valence-electron chi connectivity index (χ3n) is 9.46. The second-order valence-corrected chi connectivity index (χ2v) is 17.7. The van der Waals surface area contributed by atoms with Crippen molar-refractivity contribution < 1.29 is 47.2 Å². The Morgan fingerprint density at radius 2 is 1.18 bits per heavy atom. The lowest BCUT2D eigenvalue weighted by molar-refractivity contribution is -0.870. The molecule has 0 rings (SSSR count). The highest BCUT2D eigenvalue weighted by molar-refractivity contribution is 7.45. The minimum Gasteiger partial charge on any atom is -0.756 e. The molecule has 0 saturated carbocycles. The Balaban J connectivity index is 4.47. The zero-order valence-corrected chi connectivity index (χ0v) is 37.8. The number of hydrogen-bond acceptors (Lipinski definition) is 9. The standard InChI is InChI=1S/C46H84NO9P/c1-6-8-10-11-12-13-14-15-16-17-20-24-27-30-34-38-46(50)56-44(42-55-57(51,52)54-40-39-47(3,4)5)41-53-45(49)37-33-29-26-23-21-18-19-22-25-28-32-36-43(48)35-31-9-7-2/h18-19,23,25-26,28,32,36,43-44,48H,6-17,20-22,24,27,29-31,33-35,37-42H2,1-5H3/b19-18-,26-23-,28-25-,36-32+/t43-,44-/m1/s1. The summed E-state index contributed by atoms with van der Waals surface area (Å²) in [5.41, 5.74) is 0. The van der Waals surface area contributed by atoms with Crippen molar-refractivity contribution >= 4 is 19.8 Å². The van der Waals surface area contributed by atoms with E-state index in [1.54, 1.807) is 0 Å². The van der Waals surface area contributed by atoms with Gasteiger partial charge in [-0.2, -0.15) is 0 Å². The summed E-state index contributed by atoms with van der Waals surface area (Å²) < 4.78 is 33.8. The van der Waals surface area contributed by atoms with Crippen LogP contribution in [0.4, 0.5) is 0 Å². The van der Waals surface area contributed by atoms with Gasteiger partial charge >= 0.3 is 11.9 Å². The molecule has 0 amide bonds. The highest BCUT2D eigenvalue weighted by atomic mass is 31.2. The number of phosphoric ester groups is 1. The number of carbonyl (C=O) groups excluding carboxylic acids is 2. The van der Waals surface area contributed by atoms with Crippen molar-refractivity contribution in [3.05, 3.63) is 48.6 Å². The summed E-state index contributed by atoms with van der Waals surface area (Å²) in [5.74, 6) is -0.924. The lowest BCUT2D eigenvalue weighted by Gasteiger charge is -2.28. The third kappa shape index (κ3) is 41.9. The van der Waals surface area contributed by atoms with Crippen LogP contribution in [0.5, 0.6) is 0 Å². The van der Waals surface area contributed by atoms with Gasteiger partial charge in [-0.05, 0) is 38.5 Å². The molecule has 0 spiro atoms. The van der Waals surface area contributed by atoms with Crippen molar-refractivity contribution in [3.63, 3.8) is 0 Å². The Hall–Kier alpha value is -2.07. The normalized spacial score (nSPS) is 14.6. The van der Waals surface area contributed by atoms with E-state index in [9.17, 15) is 24.2 Å². The number of aliphatic hydroxyl groups is 1. The predicted octanol–water partition coefficient (Wildman–Crippen LogP) is 11.0. The predicted molar refractivity (Wildman–Crippen MR) is 233 cm³/mol. The summed E-state index contributed by atoms with van der Waals surface area (Å²) in [6.07, 6.45) is 40.4. The van der Waals surface area contributed by atoms with Gasteiger partial charge in [0.05, 0.1) is 33.9 Å². The quantitative estimate of drug-likeness (QED) is 0.0160. The molecule has 0 aliphatic carbocycles. The number of phosphoric acid groups is 1. The summed E-state index contributed by atoms with van der Waals surface area (Å²) in [6.45, 7) is 4.03. The van der Waals surface area contributed by atoms with Crippen LogP contribution in [0.25, 0.3) is 0 Å². The minimum absolute atomic E-state index is 0.0470. The Morgan fingerprint density at radius 1 is 0.649 bits per heavy atom. The number of likely N-dealkylation sites (N-methyl/N-ethyl adjacent to an activating group) is 1. The lowest BCUT2D eigenvalue weighted by atomic mass is 10.0. The highest BCUT2D eigenvalue weighted by Crippen LogP contribution is 2.38. The van der Waals surface area contributed by atoms with E-state index in [1.807, 2.05) is 57.6 Å². The zero-order chi connectivity index (χ0) is 42.3. The number of rotatable bonds is 40. The molecule has 57 heavy (non-hydrogen) atoms. The van der Waals surface area contributed by atoms with E-state index in [1.165, 1.54) is 70.6 Å². The van der Waals surface area contributed by atoms with E-state index in [-0.39, 0.29) is 32.2 Å². The Bertz CT molecular complexity index is 1130. The molecule has 10 nitrogen and oxygen atoms in total. The Morgan fingerprint density at radius 3 is 1.77 bits per heavy atom. The van der Waals surface area contributed by atoms with Crippen LogP contribution >= 0.6 is 7.82 Å². The van der Waals surface area contributed by atoms with Crippen molar-refractivity contribution in [3.8, 4) is 0 Å². The minimum atomic E-state index is -4.65. The van der Waals surface area contributed by atoms with Gasteiger partial charge in [-0.25, -0.2) is 0 Å².